The highest BCUT2D eigenvalue weighted by Gasteiger charge is 2.13. The molecule has 0 saturated carbocycles. The number of carbonyl (C=O) groups excluding carboxylic acids is 1. The van der Waals surface area contributed by atoms with E-state index in [1.807, 2.05) is 36.4 Å². The molecule has 0 radical (unpaired) electrons. The molecular formula is C16H16BrNO. The first-order valence-corrected chi connectivity index (χ1v) is 7.03. The third-order valence-electron chi connectivity index (χ3n) is 2.94. The number of amides is 1. The lowest BCUT2D eigenvalue weighted by atomic mass is 10.0. The van der Waals surface area contributed by atoms with Gasteiger partial charge in [-0.15, -0.1) is 0 Å². The van der Waals surface area contributed by atoms with E-state index in [1.165, 1.54) is 0 Å². The molecule has 2 aromatic carbocycles. The minimum absolute atomic E-state index is 0.0885. The average molecular weight is 318 g/mol. The standard InChI is InChI=1S/C16H16BrNO/c1-11(2)13-9-6-10-14(17)15(13)18-16(19)12-7-4-3-5-8-12/h3-11H,1-2H3,(H,18,19). The molecule has 0 saturated heterocycles. The predicted octanol–water partition coefficient (Wildman–Crippen LogP) is 4.82. The third kappa shape index (κ3) is 3.24. The highest BCUT2D eigenvalue weighted by atomic mass is 79.9. The van der Waals surface area contributed by atoms with Gasteiger partial charge in [0.25, 0.3) is 5.91 Å². The number of rotatable bonds is 3. The van der Waals surface area contributed by atoms with Gasteiger partial charge in [-0.25, -0.2) is 0 Å². The molecule has 0 aromatic heterocycles. The van der Waals surface area contributed by atoms with Crippen LogP contribution in [0.2, 0.25) is 0 Å². The fraction of sp³-hybridized carbons (Fsp3) is 0.188. The van der Waals surface area contributed by atoms with Gasteiger partial charge >= 0.3 is 0 Å². The molecule has 2 nitrogen and oxygen atoms in total. The van der Waals surface area contributed by atoms with E-state index < -0.39 is 0 Å². The summed E-state index contributed by atoms with van der Waals surface area (Å²) < 4.78 is 0.906. The molecule has 0 bridgehead atoms. The summed E-state index contributed by atoms with van der Waals surface area (Å²) in [7, 11) is 0. The fourth-order valence-corrected chi connectivity index (χ4v) is 2.41. The van der Waals surface area contributed by atoms with Gasteiger partial charge < -0.3 is 5.32 Å². The monoisotopic (exact) mass is 317 g/mol. The Balaban J connectivity index is 2.31. The summed E-state index contributed by atoms with van der Waals surface area (Å²) in [6.45, 7) is 4.22. The first-order chi connectivity index (χ1) is 9.09. The maximum Gasteiger partial charge on any atom is 0.255 e. The Hall–Kier alpha value is -1.61. The van der Waals surface area contributed by atoms with Gasteiger partial charge in [0.05, 0.1) is 5.69 Å². The van der Waals surface area contributed by atoms with Crippen molar-refractivity contribution in [1.29, 1.82) is 0 Å². The maximum absolute atomic E-state index is 12.2. The van der Waals surface area contributed by atoms with Crippen LogP contribution in [0.15, 0.2) is 53.0 Å². The quantitative estimate of drug-likeness (QED) is 0.863. The third-order valence-corrected chi connectivity index (χ3v) is 3.60. The summed E-state index contributed by atoms with van der Waals surface area (Å²) in [5.74, 6) is 0.262. The molecule has 0 atom stereocenters. The number of carbonyl (C=O) groups is 1. The lowest BCUT2D eigenvalue weighted by Gasteiger charge is -2.15. The van der Waals surface area contributed by atoms with Crippen LogP contribution in [0.25, 0.3) is 0 Å². The highest BCUT2D eigenvalue weighted by molar-refractivity contribution is 9.10. The second kappa shape index (κ2) is 6.02. The van der Waals surface area contributed by atoms with Gasteiger partial charge in [0.2, 0.25) is 0 Å². The molecule has 0 spiro atoms. The van der Waals surface area contributed by atoms with E-state index in [0.717, 1.165) is 15.7 Å². The van der Waals surface area contributed by atoms with Crippen molar-refractivity contribution in [3.05, 3.63) is 64.1 Å². The molecule has 2 aromatic rings. The maximum atomic E-state index is 12.2. The fourth-order valence-electron chi connectivity index (χ4n) is 1.93. The number of para-hydroxylation sites is 1. The van der Waals surface area contributed by atoms with Gasteiger partial charge in [0.1, 0.15) is 0 Å². The lowest BCUT2D eigenvalue weighted by molar-refractivity contribution is 0.102. The van der Waals surface area contributed by atoms with Crippen LogP contribution in [0.5, 0.6) is 0 Å². The number of anilines is 1. The number of hydrogen-bond acceptors (Lipinski definition) is 1. The molecule has 98 valence electrons. The zero-order valence-corrected chi connectivity index (χ0v) is 12.6. The topological polar surface area (TPSA) is 29.1 Å². The molecule has 19 heavy (non-hydrogen) atoms. The highest BCUT2D eigenvalue weighted by Crippen LogP contribution is 2.31. The molecule has 2 rings (SSSR count). The van der Waals surface area contributed by atoms with Crippen LogP contribution in [-0.2, 0) is 0 Å². The molecule has 3 heteroatoms. The van der Waals surface area contributed by atoms with Gasteiger partial charge in [-0.2, -0.15) is 0 Å². The Morgan fingerprint density at radius 1 is 1.05 bits per heavy atom. The second-order valence-corrected chi connectivity index (χ2v) is 5.53. The van der Waals surface area contributed by atoms with E-state index >= 15 is 0 Å². The van der Waals surface area contributed by atoms with Crippen LogP contribution >= 0.6 is 15.9 Å². The van der Waals surface area contributed by atoms with E-state index in [2.05, 4.69) is 35.1 Å². The summed E-state index contributed by atoms with van der Waals surface area (Å²) in [6.07, 6.45) is 0. The molecule has 1 amide bonds. The van der Waals surface area contributed by atoms with Crippen molar-refractivity contribution in [3.8, 4) is 0 Å². The summed E-state index contributed by atoms with van der Waals surface area (Å²) in [4.78, 5) is 12.2. The Labute approximate surface area is 122 Å². The molecule has 0 aliphatic rings. The van der Waals surface area contributed by atoms with Gasteiger partial charge in [0.15, 0.2) is 0 Å². The predicted molar refractivity (Wildman–Crippen MR) is 82.6 cm³/mol. The Morgan fingerprint density at radius 2 is 1.74 bits per heavy atom. The first-order valence-electron chi connectivity index (χ1n) is 6.24. The SMILES string of the molecule is CC(C)c1cccc(Br)c1NC(=O)c1ccccc1. The van der Waals surface area contributed by atoms with Gasteiger partial charge in [0, 0.05) is 10.0 Å². The number of nitrogens with one attached hydrogen (secondary N) is 1. The van der Waals surface area contributed by atoms with Crippen LogP contribution < -0.4 is 5.32 Å². The molecule has 0 heterocycles. The van der Waals surface area contributed by atoms with Gasteiger partial charge in [-0.3, -0.25) is 4.79 Å². The minimum atomic E-state index is -0.0885. The Morgan fingerprint density at radius 3 is 2.37 bits per heavy atom. The van der Waals surface area contributed by atoms with Crippen molar-refractivity contribution in [2.75, 3.05) is 5.32 Å². The second-order valence-electron chi connectivity index (χ2n) is 4.68. The van der Waals surface area contributed by atoms with E-state index in [4.69, 9.17) is 0 Å². The molecule has 0 aliphatic heterocycles. The van der Waals surface area contributed by atoms with Crippen LogP contribution in [0, 0.1) is 0 Å². The Kier molecular flexibility index (Phi) is 4.38. The van der Waals surface area contributed by atoms with Crippen molar-refractivity contribution in [3.63, 3.8) is 0 Å². The largest absolute Gasteiger partial charge is 0.321 e. The van der Waals surface area contributed by atoms with Crippen LogP contribution in [0.3, 0.4) is 0 Å². The van der Waals surface area contributed by atoms with Gasteiger partial charge in [-0.1, -0.05) is 44.2 Å². The van der Waals surface area contributed by atoms with Crippen molar-refractivity contribution >= 4 is 27.5 Å². The van der Waals surface area contributed by atoms with E-state index in [9.17, 15) is 4.79 Å². The number of benzene rings is 2. The average Bonchev–Trinajstić information content (AvgIpc) is 2.41. The summed E-state index contributed by atoms with van der Waals surface area (Å²) in [6, 6.07) is 15.2. The van der Waals surface area contributed by atoms with Crippen molar-refractivity contribution < 1.29 is 4.79 Å². The number of hydrogen-bond donors (Lipinski definition) is 1. The molecule has 0 aliphatic carbocycles. The van der Waals surface area contributed by atoms with Crippen LogP contribution in [0.4, 0.5) is 5.69 Å². The lowest BCUT2D eigenvalue weighted by Crippen LogP contribution is -2.14. The number of halogens is 1. The molecule has 1 N–H and O–H groups in total. The minimum Gasteiger partial charge on any atom is -0.321 e. The molecular weight excluding hydrogens is 302 g/mol. The van der Waals surface area contributed by atoms with Crippen molar-refractivity contribution in [2.45, 2.75) is 19.8 Å². The van der Waals surface area contributed by atoms with Crippen LogP contribution in [0.1, 0.15) is 35.7 Å². The van der Waals surface area contributed by atoms with E-state index in [-0.39, 0.29) is 5.91 Å². The van der Waals surface area contributed by atoms with Crippen molar-refractivity contribution in [2.24, 2.45) is 0 Å². The first kappa shape index (κ1) is 13.8. The molecule has 0 fully saturated rings. The summed E-state index contributed by atoms with van der Waals surface area (Å²) in [5.41, 5.74) is 2.64. The summed E-state index contributed by atoms with van der Waals surface area (Å²) >= 11 is 3.50. The zero-order chi connectivity index (χ0) is 13.8. The van der Waals surface area contributed by atoms with E-state index in [0.29, 0.717) is 11.5 Å². The zero-order valence-electron chi connectivity index (χ0n) is 11.0. The molecule has 0 unspecified atom stereocenters. The van der Waals surface area contributed by atoms with E-state index in [1.54, 1.807) is 12.1 Å². The van der Waals surface area contributed by atoms with Gasteiger partial charge in [-0.05, 0) is 45.6 Å². The van der Waals surface area contributed by atoms with Crippen LogP contribution in [-0.4, -0.2) is 5.91 Å². The smallest absolute Gasteiger partial charge is 0.255 e. The van der Waals surface area contributed by atoms with Crippen molar-refractivity contribution in [1.82, 2.24) is 0 Å². The normalized spacial score (nSPS) is 10.5. The Bertz CT molecular complexity index is 579. The summed E-state index contributed by atoms with van der Waals surface area (Å²) in [5, 5.41) is 2.99.